The summed E-state index contributed by atoms with van der Waals surface area (Å²) in [6.45, 7) is 3.58. The van der Waals surface area contributed by atoms with Gasteiger partial charge in [0.15, 0.2) is 0 Å². The van der Waals surface area contributed by atoms with Crippen LogP contribution in [0.15, 0.2) is 12.1 Å². The van der Waals surface area contributed by atoms with Gasteiger partial charge in [-0.05, 0) is 64.0 Å². The van der Waals surface area contributed by atoms with Crippen LogP contribution in [0.5, 0.6) is 0 Å². The number of aryl methyl sites for hydroxylation is 1. The number of fused-ring (bicyclic) bond motifs is 3. The lowest BCUT2D eigenvalue weighted by atomic mass is 9.85. The molecule has 0 unspecified atom stereocenters. The number of amides is 2. The molecule has 3 atom stereocenters. The van der Waals surface area contributed by atoms with Crippen LogP contribution >= 0.6 is 0 Å². The normalized spacial score (nSPS) is 24.5. The molecule has 35 heavy (non-hydrogen) atoms. The van der Waals surface area contributed by atoms with Gasteiger partial charge in [0.2, 0.25) is 5.91 Å². The number of anilines is 1. The third-order valence-electron chi connectivity index (χ3n) is 8.03. The highest BCUT2D eigenvalue weighted by atomic mass is 16.5. The molecule has 2 amide bonds. The minimum atomic E-state index is -0.756. The molecular formula is C26H34N4O5. The number of hydrogen-bond donors (Lipinski definition) is 1. The quantitative estimate of drug-likeness (QED) is 0.708. The Hall–Kier alpha value is -3.10. The molecule has 3 heterocycles. The van der Waals surface area contributed by atoms with Gasteiger partial charge in [0.1, 0.15) is 5.82 Å². The first-order valence-electron chi connectivity index (χ1n) is 12.8. The van der Waals surface area contributed by atoms with Crippen molar-refractivity contribution in [3.63, 3.8) is 0 Å². The van der Waals surface area contributed by atoms with Crippen LogP contribution in [0.4, 0.5) is 10.5 Å². The number of aromatic nitrogens is 2. The number of carbonyl (C=O) groups is 3. The number of ether oxygens (including phenoxy) is 1. The molecule has 9 heteroatoms. The minimum absolute atomic E-state index is 0.0142. The van der Waals surface area contributed by atoms with Gasteiger partial charge in [0, 0.05) is 30.7 Å². The maximum atomic E-state index is 13.1. The average Bonchev–Trinajstić information content (AvgIpc) is 3.51. The van der Waals surface area contributed by atoms with Crippen molar-refractivity contribution in [2.75, 3.05) is 25.1 Å². The van der Waals surface area contributed by atoms with Crippen molar-refractivity contribution in [1.29, 1.82) is 0 Å². The van der Waals surface area contributed by atoms with Crippen LogP contribution in [-0.4, -0.2) is 63.8 Å². The van der Waals surface area contributed by atoms with Gasteiger partial charge in [-0.25, -0.2) is 9.78 Å². The van der Waals surface area contributed by atoms with Gasteiger partial charge in [-0.15, -0.1) is 0 Å². The van der Waals surface area contributed by atoms with Crippen LogP contribution in [0.2, 0.25) is 0 Å². The van der Waals surface area contributed by atoms with Gasteiger partial charge in [-0.1, -0.05) is 6.42 Å². The fourth-order valence-electron chi connectivity index (χ4n) is 6.19. The first-order valence-corrected chi connectivity index (χ1v) is 12.8. The van der Waals surface area contributed by atoms with Crippen molar-refractivity contribution < 1.29 is 24.2 Å². The van der Waals surface area contributed by atoms with E-state index in [-0.39, 0.29) is 30.3 Å². The molecule has 2 aliphatic heterocycles. The van der Waals surface area contributed by atoms with Crippen LogP contribution in [0.3, 0.4) is 0 Å². The monoisotopic (exact) mass is 482 g/mol. The maximum Gasteiger partial charge on any atom is 0.414 e. The zero-order chi connectivity index (χ0) is 24.7. The SMILES string of the molecule is COC(=O)N1c2ccc3c(nc(CC(=O)N4CCCC4)n3[C@@H]3CCC[C@@H](C(=O)O)C3)c2CC[C@@H]1C. The van der Waals surface area contributed by atoms with E-state index in [2.05, 4.69) is 4.57 Å². The van der Waals surface area contributed by atoms with E-state index in [1.807, 2.05) is 24.0 Å². The maximum absolute atomic E-state index is 13.1. The highest BCUT2D eigenvalue weighted by molar-refractivity contribution is 5.95. The van der Waals surface area contributed by atoms with Crippen molar-refractivity contribution in [2.45, 2.75) is 76.8 Å². The molecule has 0 radical (unpaired) electrons. The van der Waals surface area contributed by atoms with E-state index < -0.39 is 12.1 Å². The number of likely N-dealkylation sites (tertiary alicyclic amines) is 1. The molecule has 2 fully saturated rings. The molecule has 1 aromatic heterocycles. The van der Waals surface area contributed by atoms with E-state index in [1.165, 1.54) is 7.11 Å². The lowest BCUT2D eigenvalue weighted by Gasteiger charge is -2.34. The van der Waals surface area contributed by atoms with Crippen molar-refractivity contribution in [3.8, 4) is 0 Å². The summed E-state index contributed by atoms with van der Waals surface area (Å²) in [5.41, 5.74) is 3.52. The molecule has 1 saturated heterocycles. The lowest BCUT2D eigenvalue weighted by molar-refractivity contribution is -0.143. The highest BCUT2D eigenvalue weighted by Crippen LogP contribution is 2.40. The number of nitrogens with zero attached hydrogens (tertiary/aromatic N) is 4. The number of carboxylic acid groups (broad SMARTS) is 1. The third-order valence-corrected chi connectivity index (χ3v) is 8.03. The Kier molecular flexibility index (Phi) is 6.42. The Morgan fingerprint density at radius 3 is 2.60 bits per heavy atom. The molecular weight excluding hydrogens is 448 g/mol. The molecule has 5 rings (SSSR count). The second kappa shape index (κ2) is 9.51. The molecule has 9 nitrogen and oxygen atoms in total. The van der Waals surface area contributed by atoms with E-state index >= 15 is 0 Å². The summed E-state index contributed by atoms with van der Waals surface area (Å²) in [6.07, 6.45) is 6.35. The van der Waals surface area contributed by atoms with Gasteiger partial charge < -0.3 is 19.3 Å². The molecule has 0 spiro atoms. The lowest BCUT2D eigenvalue weighted by Crippen LogP contribution is -2.42. The molecule has 0 bridgehead atoms. The number of imidazole rings is 1. The predicted molar refractivity (Wildman–Crippen MR) is 131 cm³/mol. The molecule has 1 N–H and O–H groups in total. The Balaban J connectivity index is 1.60. The molecule has 1 aliphatic carbocycles. The summed E-state index contributed by atoms with van der Waals surface area (Å²) < 4.78 is 7.19. The van der Waals surface area contributed by atoms with Crippen molar-refractivity contribution in [2.24, 2.45) is 5.92 Å². The fourth-order valence-corrected chi connectivity index (χ4v) is 6.19. The van der Waals surface area contributed by atoms with Crippen LogP contribution in [0.1, 0.15) is 69.3 Å². The molecule has 3 aliphatic rings. The standard InChI is InChI=1S/C26H34N4O5/c1-16-8-9-19-20(29(16)26(34)35-2)10-11-21-24(19)27-22(15-23(31)28-12-3-4-13-28)30(21)18-7-5-6-17(14-18)25(32)33/h10-11,16-18H,3-9,12-15H2,1-2H3,(H,32,33)/t16-,17+,18+/m0/s1. The summed E-state index contributed by atoms with van der Waals surface area (Å²) in [5, 5.41) is 9.68. The summed E-state index contributed by atoms with van der Waals surface area (Å²) in [4.78, 5) is 46.1. The van der Waals surface area contributed by atoms with E-state index in [0.29, 0.717) is 18.7 Å². The summed E-state index contributed by atoms with van der Waals surface area (Å²) in [6, 6.07) is 3.92. The van der Waals surface area contributed by atoms with Gasteiger partial charge in [-0.3, -0.25) is 14.5 Å². The Labute approximate surface area is 205 Å². The Bertz CT molecular complexity index is 1150. The molecule has 1 aromatic carbocycles. The number of benzene rings is 1. The van der Waals surface area contributed by atoms with Gasteiger partial charge in [0.05, 0.1) is 36.2 Å². The summed E-state index contributed by atoms with van der Waals surface area (Å²) in [5.74, 6) is -0.372. The second-order valence-corrected chi connectivity index (χ2v) is 10.2. The van der Waals surface area contributed by atoms with E-state index in [4.69, 9.17) is 9.72 Å². The largest absolute Gasteiger partial charge is 0.481 e. The van der Waals surface area contributed by atoms with E-state index in [1.54, 1.807) is 4.90 Å². The Morgan fingerprint density at radius 1 is 1.11 bits per heavy atom. The van der Waals surface area contributed by atoms with Crippen LogP contribution in [0.25, 0.3) is 11.0 Å². The fraction of sp³-hybridized carbons (Fsp3) is 0.615. The topological polar surface area (TPSA) is 105 Å². The summed E-state index contributed by atoms with van der Waals surface area (Å²) >= 11 is 0. The molecule has 2 aromatic rings. The second-order valence-electron chi connectivity index (χ2n) is 10.2. The van der Waals surface area contributed by atoms with Gasteiger partial charge in [0.25, 0.3) is 0 Å². The highest BCUT2D eigenvalue weighted by Gasteiger charge is 2.34. The van der Waals surface area contributed by atoms with E-state index in [0.717, 1.165) is 73.9 Å². The van der Waals surface area contributed by atoms with Gasteiger partial charge in [-0.2, -0.15) is 0 Å². The first-order chi connectivity index (χ1) is 16.9. The van der Waals surface area contributed by atoms with Crippen LogP contribution in [-0.2, 0) is 27.2 Å². The zero-order valence-corrected chi connectivity index (χ0v) is 20.5. The number of carbonyl (C=O) groups excluding carboxylic acids is 2. The number of rotatable bonds is 4. The predicted octanol–water partition coefficient (Wildman–Crippen LogP) is 3.92. The minimum Gasteiger partial charge on any atom is -0.481 e. The third kappa shape index (κ3) is 4.25. The van der Waals surface area contributed by atoms with Crippen molar-refractivity contribution in [3.05, 3.63) is 23.5 Å². The number of hydrogen-bond acceptors (Lipinski definition) is 5. The number of aliphatic carboxylic acids is 1. The average molecular weight is 483 g/mol. The zero-order valence-electron chi connectivity index (χ0n) is 20.5. The van der Waals surface area contributed by atoms with Gasteiger partial charge >= 0.3 is 12.1 Å². The first kappa shape index (κ1) is 23.6. The van der Waals surface area contributed by atoms with E-state index in [9.17, 15) is 19.5 Å². The number of carboxylic acids is 1. The molecule has 1 saturated carbocycles. The number of methoxy groups -OCH3 is 1. The summed E-state index contributed by atoms with van der Waals surface area (Å²) in [7, 11) is 1.39. The van der Waals surface area contributed by atoms with Crippen LogP contribution in [0, 0.1) is 5.92 Å². The molecule has 188 valence electrons. The van der Waals surface area contributed by atoms with Crippen molar-refractivity contribution in [1.82, 2.24) is 14.5 Å². The van der Waals surface area contributed by atoms with Crippen molar-refractivity contribution >= 4 is 34.7 Å². The van der Waals surface area contributed by atoms with Crippen LogP contribution < -0.4 is 4.90 Å². The Morgan fingerprint density at radius 2 is 1.89 bits per heavy atom. The smallest absolute Gasteiger partial charge is 0.414 e.